The molecule has 6 heteroatoms. The van der Waals surface area contributed by atoms with Crippen LogP contribution in [0.3, 0.4) is 0 Å². The maximum atomic E-state index is 12.7. The van der Waals surface area contributed by atoms with E-state index in [0.717, 1.165) is 51.3 Å². The molecule has 3 aromatic carbocycles. The molecule has 4 rings (SSSR count). The average Bonchev–Trinajstić information content (AvgIpc) is 3.00. The lowest BCUT2D eigenvalue weighted by Gasteiger charge is -2.16. The number of hydrogen-bond donors (Lipinski definition) is 1. The molecule has 5 nitrogen and oxygen atoms in total. The number of hydrogen-bond acceptors (Lipinski definition) is 4. The number of rotatable bonds is 8. The Morgan fingerprint density at radius 3 is 2.48 bits per heavy atom. The summed E-state index contributed by atoms with van der Waals surface area (Å²) < 4.78 is 23.8. The lowest BCUT2D eigenvalue weighted by Crippen LogP contribution is -2.26. The number of amides is 1. The summed E-state index contributed by atoms with van der Waals surface area (Å²) in [6.07, 6.45) is 1.62. The van der Waals surface area contributed by atoms with Crippen LogP contribution in [0.25, 0.3) is 10.8 Å². The summed E-state index contributed by atoms with van der Waals surface area (Å²) in [6.45, 7) is 4.38. The highest BCUT2D eigenvalue weighted by molar-refractivity contribution is 7.85. The molecule has 1 aliphatic rings. The summed E-state index contributed by atoms with van der Waals surface area (Å²) in [4.78, 5) is 12.9. The molecular weight excluding hydrogens is 410 g/mol. The minimum absolute atomic E-state index is 0.00922. The van der Waals surface area contributed by atoms with Gasteiger partial charge in [-0.15, -0.1) is 0 Å². The van der Waals surface area contributed by atoms with Crippen LogP contribution in [-0.2, 0) is 21.0 Å². The molecule has 0 fully saturated rings. The van der Waals surface area contributed by atoms with Crippen molar-refractivity contribution in [1.82, 2.24) is 0 Å². The SMILES string of the molecule is COc1ccc2cc(S(=O)CCCCOc3ccc4c(c3)C(C)(C)C(=O)N4)ccc2c1. The number of benzene rings is 3. The molecule has 1 heterocycles. The van der Waals surface area contributed by atoms with Gasteiger partial charge in [-0.25, -0.2) is 0 Å². The van der Waals surface area contributed by atoms with Crippen molar-refractivity contribution in [1.29, 1.82) is 0 Å². The number of fused-ring (bicyclic) bond motifs is 2. The number of ether oxygens (including phenoxy) is 2. The maximum Gasteiger partial charge on any atom is 0.234 e. The first kappa shape index (κ1) is 21.4. The van der Waals surface area contributed by atoms with E-state index in [9.17, 15) is 9.00 Å². The first-order valence-electron chi connectivity index (χ1n) is 10.4. The summed E-state index contributed by atoms with van der Waals surface area (Å²) in [5.41, 5.74) is 1.27. The second kappa shape index (κ2) is 8.71. The van der Waals surface area contributed by atoms with Crippen molar-refractivity contribution in [3.8, 4) is 11.5 Å². The van der Waals surface area contributed by atoms with E-state index in [2.05, 4.69) is 5.32 Å². The third kappa shape index (κ3) is 4.44. The Kier molecular flexibility index (Phi) is 6.01. The van der Waals surface area contributed by atoms with Gasteiger partial charge in [-0.05, 0) is 85.5 Å². The molecule has 1 unspecified atom stereocenters. The second-order valence-corrected chi connectivity index (χ2v) is 9.84. The summed E-state index contributed by atoms with van der Waals surface area (Å²) >= 11 is 0. The maximum absolute atomic E-state index is 12.7. The van der Waals surface area contributed by atoms with Crippen molar-refractivity contribution in [3.63, 3.8) is 0 Å². The Bertz CT molecular complexity index is 1160. The van der Waals surface area contributed by atoms with Gasteiger partial charge in [0.25, 0.3) is 0 Å². The summed E-state index contributed by atoms with van der Waals surface area (Å²) in [5.74, 6) is 2.18. The zero-order valence-electron chi connectivity index (χ0n) is 18.1. The van der Waals surface area contributed by atoms with E-state index in [-0.39, 0.29) is 5.91 Å². The van der Waals surface area contributed by atoms with Gasteiger partial charge < -0.3 is 14.8 Å². The first-order chi connectivity index (χ1) is 14.9. The van der Waals surface area contributed by atoms with Crippen LogP contribution in [0.1, 0.15) is 32.3 Å². The normalized spacial score (nSPS) is 15.4. The van der Waals surface area contributed by atoms with E-state index in [1.54, 1.807) is 7.11 Å². The molecule has 0 bridgehead atoms. The van der Waals surface area contributed by atoms with E-state index >= 15 is 0 Å². The first-order valence-corrected chi connectivity index (χ1v) is 11.8. The second-order valence-electron chi connectivity index (χ2n) is 8.27. The lowest BCUT2D eigenvalue weighted by molar-refractivity contribution is -0.119. The van der Waals surface area contributed by atoms with E-state index < -0.39 is 16.2 Å². The fourth-order valence-corrected chi connectivity index (χ4v) is 4.93. The average molecular weight is 438 g/mol. The Hall–Kier alpha value is -2.86. The molecule has 0 aliphatic carbocycles. The number of nitrogens with one attached hydrogen (secondary N) is 1. The Morgan fingerprint density at radius 1 is 0.935 bits per heavy atom. The molecular formula is C25H27NO4S. The van der Waals surface area contributed by atoms with Crippen molar-refractivity contribution in [2.75, 3.05) is 24.8 Å². The quantitative estimate of drug-likeness (QED) is 0.501. The minimum atomic E-state index is -1.04. The van der Waals surface area contributed by atoms with Gasteiger partial charge >= 0.3 is 0 Å². The largest absolute Gasteiger partial charge is 0.497 e. The molecule has 3 aromatic rings. The molecule has 1 amide bonds. The molecule has 31 heavy (non-hydrogen) atoms. The summed E-state index contributed by atoms with van der Waals surface area (Å²) in [6, 6.07) is 17.5. The predicted octanol–water partition coefficient (Wildman–Crippen LogP) is 5.04. The van der Waals surface area contributed by atoms with Crippen LogP contribution in [0.2, 0.25) is 0 Å². The molecule has 0 spiro atoms. The summed E-state index contributed by atoms with van der Waals surface area (Å²) in [5, 5.41) is 5.03. The van der Waals surface area contributed by atoms with E-state index in [4.69, 9.17) is 9.47 Å². The van der Waals surface area contributed by atoms with Crippen molar-refractivity contribution < 1.29 is 18.5 Å². The van der Waals surface area contributed by atoms with Gasteiger partial charge in [-0.2, -0.15) is 0 Å². The van der Waals surface area contributed by atoms with Gasteiger partial charge in [-0.3, -0.25) is 9.00 Å². The van der Waals surface area contributed by atoms with E-state index in [1.807, 2.05) is 68.4 Å². The number of unbranched alkanes of at least 4 members (excludes halogenated alkanes) is 1. The minimum Gasteiger partial charge on any atom is -0.497 e. The van der Waals surface area contributed by atoms with Crippen molar-refractivity contribution >= 4 is 33.2 Å². The Balaban J connectivity index is 1.28. The van der Waals surface area contributed by atoms with Crippen LogP contribution in [-0.4, -0.2) is 29.6 Å². The highest BCUT2D eigenvalue weighted by Gasteiger charge is 2.38. The molecule has 1 atom stereocenters. The smallest absolute Gasteiger partial charge is 0.234 e. The number of carbonyl (C=O) groups is 1. The van der Waals surface area contributed by atoms with Gasteiger partial charge in [0.1, 0.15) is 11.5 Å². The monoisotopic (exact) mass is 437 g/mol. The van der Waals surface area contributed by atoms with Gasteiger partial charge in [0, 0.05) is 16.3 Å². The predicted molar refractivity (Wildman–Crippen MR) is 125 cm³/mol. The Morgan fingerprint density at radius 2 is 1.68 bits per heavy atom. The molecule has 0 saturated carbocycles. The van der Waals surface area contributed by atoms with Crippen LogP contribution in [0.5, 0.6) is 11.5 Å². The van der Waals surface area contributed by atoms with Gasteiger partial charge in [0.2, 0.25) is 5.91 Å². The number of anilines is 1. The van der Waals surface area contributed by atoms with Crippen LogP contribution >= 0.6 is 0 Å². The van der Waals surface area contributed by atoms with Crippen LogP contribution < -0.4 is 14.8 Å². The number of carbonyl (C=O) groups excluding carboxylic acids is 1. The zero-order chi connectivity index (χ0) is 22.0. The van der Waals surface area contributed by atoms with E-state index in [0.29, 0.717) is 12.4 Å². The third-order valence-corrected chi connectivity index (χ3v) is 7.19. The molecule has 162 valence electrons. The zero-order valence-corrected chi connectivity index (χ0v) is 18.9. The van der Waals surface area contributed by atoms with Crippen molar-refractivity contribution in [3.05, 3.63) is 60.2 Å². The van der Waals surface area contributed by atoms with Crippen molar-refractivity contribution in [2.45, 2.75) is 37.0 Å². The molecule has 0 saturated heterocycles. The van der Waals surface area contributed by atoms with Crippen molar-refractivity contribution in [2.24, 2.45) is 0 Å². The van der Waals surface area contributed by atoms with Crippen LogP contribution in [0, 0.1) is 0 Å². The topological polar surface area (TPSA) is 64.6 Å². The third-order valence-electron chi connectivity index (χ3n) is 5.75. The highest BCUT2D eigenvalue weighted by atomic mass is 32.2. The van der Waals surface area contributed by atoms with Gasteiger partial charge in [-0.1, -0.05) is 12.1 Å². The lowest BCUT2D eigenvalue weighted by atomic mass is 9.86. The highest BCUT2D eigenvalue weighted by Crippen LogP contribution is 2.39. The molecule has 0 aromatic heterocycles. The Labute approximate surface area is 185 Å². The molecule has 1 aliphatic heterocycles. The van der Waals surface area contributed by atoms with E-state index in [1.165, 1.54) is 0 Å². The number of methoxy groups -OCH3 is 1. The standard InChI is InChI=1S/C25H27NO4S/c1-25(2)22-16-20(9-11-23(22)26-24(25)27)30-12-4-5-13-31(28)21-10-7-17-14-19(29-3)8-6-18(17)15-21/h6-11,14-16H,4-5,12-13H2,1-3H3,(H,26,27). The fraction of sp³-hybridized carbons (Fsp3) is 0.320. The van der Waals surface area contributed by atoms with Gasteiger partial charge in [0.05, 0.1) is 29.9 Å². The van der Waals surface area contributed by atoms with Crippen LogP contribution in [0.4, 0.5) is 5.69 Å². The molecule has 0 radical (unpaired) electrons. The molecule has 1 N–H and O–H groups in total. The fourth-order valence-electron chi connectivity index (χ4n) is 3.75. The van der Waals surface area contributed by atoms with Gasteiger partial charge in [0.15, 0.2) is 0 Å². The van der Waals surface area contributed by atoms with Crippen LogP contribution in [0.15, 0.2) is 59.5 Å². The summed E-state index contributed by atoms with van der Waals surface area (Å²) in [7, 11) is 0.609.